The fraction of sp³-hybridized carbons (Fsp3) is 0.911. The van der Waals surface area contributed by atoms with Crippen molar-refractivity contribution in [3.05, 3.63) is 36.5 Å². The SMILES string of the molecule is CCCCCCCCCC/C=C\CCCCCCCCCCCCCCCCCCCCCCCCCCCCCC(=O)NC(COC1OC(CO)C(O)C(O)C1O)C(O)/C=C/CC/C=C/CCCCCCCCCCCCCCCCCCCCCC. The number of nitrogens with one attached hydrogen (secondary N) is 1. The van der Waals surface area contributed by atoms with Crippen molar-refractivity contribution in [1.29, 1.82) is 0 Å². The molecule has 1 aliphatic rings. The van der Waals surface area contributed by atoms with Gasteiger partial charge in [-0.05, 0) is 57.8 Å². The van der Waals surface area contributed by atoms with Crippen molar-refractivity contribution < 1.29 is 39.8 Å². The van der Waals surface area contributed by atoms with E-state index in [9.17, 15) is 30.3 Å². The Labute approximate surface area is 546 Å². The molecule has 0 aliphatic carbocycles. The van der Waals surface area contributed by atoms with E-state index in [-0.39, 0.29) is 12.5 Å². The van der Waals surface area contributed by atoms with Gasteiger partial charge in [0.05, 0.1) is 25.4 Å². The number of unbranched alkanes of at least 4 members (excludes halogenated alkanes) is 56. The summed E-state index contributed by atoms with van der Waals surface area (Å²) in [6, 6.07) is -0.822. The van der Waals surface area contributed by atoms with Gasteiger partial charge in [0.25, 0.3) is 0 Å². The van der Waals surface area contributed by atoms with Crippen LogP contribution in [0.25, 0.3) is 0 Å². The molecule has 88 heavy (non-hydrogen) atoms. The summed E-state index contributed by atoms with van der Waals surface area (Å²) in [6.45, 7) is 3.83. The molecule has 0 bridgehead atoms. The summed E-state index contributed by atoms with van der Waals surface area (Å²) in [6.07, 6.45) is 85.9. The van der Waals surface area contributed by atoms with Crippen LogP contribution in [0.5, 0.6) is 0 Å². The van der Waals surface area contributed by atoms with Crippen molar-refractivity contribution in [2.75, 3.05) is 13.2 Å². The third-order valence-electron chi connectivity index (χ3n) is 18.9. The molecule has 520 valence electrons. The first-order valence-electron chi connectivity index (χ1n) is 39.2. The Hall–Kier alpha value is -1.59. The van der Waals surface area contributed by atoms with Crippen molar-refractivity contribution >= 4 is 5.91 Å². The Bertz CT molecular complexity index is 1490. The maximum absolute atomic E-state index is 13.2. The number of hydrogen-bond acceptors (Lipinski definition) is 8. The predicted octanol–water partition coefficient (Wildman–Crippen LogP) is 22.2. The summed E-state index contributed by atoms with van der Waals surface area (Å²) in [5.74, 6) is -0.178. The topological polar surface area (TPSA) is 149 Å². The van der Waals surface area contributed by atoms with E-state index in [2.05, 4.69) is 43.5 Å². The third kappa shape index (κ3) is 56.0. The number of aliphatic hydroxyl groups is 5. The molecule has 6 N–H and O–H groups in total. The summed E-state index contributed by atoms with van der Waals surface area (Å²) in [5, 5.41) is 54.8. The number of ether oxygens (including phenoxy) is 2. The van der Waals surface area contributed by atoms with Crippen molar-refractivity contribution in [3.8, 4) is 0 Å². The lowest BCUT2D eigenvalue weighted by molar-refractivity contribution is -0.302. The quantitative estimate of drug-likeness (QED) is 0.0261. The Morgan fingerprint density at radius 2 is 0.648 bits per heavy atom. The van der Waals surface area contributed by atoms with Crippen LogP contribution in [0.4, 0.5) is 0 Å². The number of carbonyl (C=O) groups excluding carboxylic acids is 1. The van der Waals surface area contributed by atoms with Crippen molar-refractivity contribution in [3.63, 3.8) is 0 Å². The molecule has 7 atom stereocenters. The fourth-order valence-corrected chi connectivity index (χ4v) is 12.8. The molecule has 0 saturated carbocycles. The Kier molecular flexibility index (Phi) is 65.5. The van der Waals surface area contributed by atoms with Crippen LogP contribution in [0, 0.1) is 0 Å². The second kappa shape index (κ2) is 68.3. The van der Waals surface area contributed by atoms with Crippen LogP contribution in [0.15, 0.2) is 36.5 Å². The molecule has 0 aromatic heterocycles. The first-order valence-corrected chi connectivity index (χ1v) is 39.2. The molecule has 1 amide bonds. The van der Waals surface area contributed by atoms with E-state index in [1.165, 1.54) is 347 Å². The molecular formula is C79H151NO8. The Morgan fingerprint density at radius 1 is 0.375 bits per heavy atom. The first kappa shape index (κ1) is 84.4. The largest absolute Gasteiger partial charge is 0.394 e. The van der Waals surface area contributed by atoms with E-state index in [0.29, 0.717) is 6.42 Å². The van der Waals surface area contributed by atoms with Gasteiger partial charge in [0.15, 0.2) is 6.29 Å². The Balaban J connectivity index is 2.06. The zero-order valence-corrected chi connectivity index (χ0v) is 58.5. The van der Waals surface area contributed by atoms with Gasteiger partial charge in [0.2, 0.25) is 5.91 Å². The number of carbonyl (C=O) groups is 1. The minimum atomic E-state index is -1.57. The van der Waals surface area contributed by atoms with Gasteiger partial charge in [-0.1, -0.05) is 378 Å². The van der Waals surface area contributed by atoms with Crippen molar-refractivity contribution in [2.45, 2.75) is 448 Å². The second-order valence-corrected chi connectivity index (χ2v) is 27.5. The normalized spacial score (nSPS) is 18.0. The lowest BCUT2D eigenvalue weighted by Gasteiger charge is -2.40. The van der Waals surface area contributed by atoms with Crippen LogP contribution in [-0.2, 0) is 14.3 Å². The molecule has 0 aromatic rings. The molecule has 0 spiro atoms. The van der Waals surface area contributed by atoms with Gasteiger partial charge in [-0.15, -0.1) is 0 Å². The highest BCUT2D eigenvalue weighted by molar-refractivity contribution is 5.76. The minimum absolute atomic E-state index is 0.178. The maximum Gasteiger partial charge on any atom is 0.220 e. The van der Waals surface area contributed by atoms with E-state index in [4.69, 9.17) is 9.47 Å². The number of rotatable bonds is 70. The van der Waals surface area contributed by atoms with Crippen molar-refractivity contribution in [1.82, 2.24) is 5.32 Å². The van der Waals surface area contributed by atoms with Crippen molar-refractivity contribution in [2.24, 2.45) is 0 Å². The summed E-state index contributed by atoms with van der Waals surface area (Å²) in [7, 11) is 0. The summed E-state index contributed by atoms with van der Waals surface area (Å²) < 4.78 is 11.3. The molecule has 1 fully saturated rings. The molecular weight excluding hydrogens is 1090 g/mol. The summed E-state index contributed by atoms with van der Waals surface area (Å²) in [5.41, 5.74) is 0. The molecule has 9 heteroatoms. The summed E-state index contributed by atoms with van der Waals surface area (Å²) in [4.78, 5) is 13.2. The highest BCUT2D eigenvalue weighted by Crippen LogP contribution is 2.24. The average Bonchev–Trinajstić information content (AvgIpc) is 3.65. The van der Waals surface area contributed by atoms with Gasteiger partial charge in [-0.25, -0.2) is 0 Å². The van der Waals surface area contributed by atoms with Crippen LogP contribution in [0.1, 0.15) is 406 Å². The van der Waals surface area contributed by atoms with Gasteiger partial charge < -0.3 is 40.3 Å². The zero-order valence-electron chi connectivity index (χ0n) is 58.5. The van der Waals surface area contributed by atoms with E-state index in [1.807, 2.05) is 6.08 Å². The van der Waals surface area contributed by atoms with E-state index in [0.717, 1.165) is 38.5 Å². The smallest absolute Gasteiger partial charge is 0.220 e. The van der Waals surface area contributed by atoms with Crippen LogP contribution >= 0.6 is 0 Å². The van der Waals surface area contributed by atoms with E-state index in [1.54, 1.807) is 6.08 Å². The predicted molar refractivity (Wildman–Crippen MR) is 378 cm³/mol. The molecule has 7 unspecified atom stereocenters. The van der Waals surface area contributed by atoms with Gasteiger partial charge in [0.1, 0.15) is 24.4 Å². The van der Waals surface area contributed by atoms with Crippen LogP contribution < -0.4 is 5.32 Å². The molecule has 9 nitrogen and oxygen atoms in total. The fourth-order valence-electron chi connectivity index (χ4n) is 12.8. The molecule has 0 radical (unpaired) electrons. The molecule has 1 rings (SSSR count). The highest BCUT2D eigenvalue weighted by atomic mass is 16.7. The van der Waals surface area contributed by atoms with E-state index >= 15 is 0 Å². The lowest BCUT2D eigenvalue weighted by Crippen LogP contribution is -2.60. The number of amides is 1. The first-order chi connectivity index (χ1) is 43.3. The van der Waals surface area contributed by atoms with Gasteiger partial charge in [0, 0.05) is 6.42 Å². The third-order valence-corrected chi connectivity index (χ3v) is 18.9. The zero-order chi connectivity index (χ0) is 63.5. The summed E-state index contributed by atoms with van der Waals surface area (Å²) >= 11 is 0. The monoisotopic (exact) mass is 1240 g/mol. The molecule has 1 saturated heterocycles. The highest BCUT2D eigenvalue weighted by Gasteiger charge is 2.44. The van der Waals surface area contributed by atoms with E-state index < -0.39 is 49.5 Å². The number of allylic oxidation sites excluding steroid dienone is 5. The van der Waals surface area contributed by atoms with Gasteiger partial charge >= 0.3 is 0 Å². The number of aliphatic hydroxyl groups excluding tert-OH is 5. The maximum atomic E-state index is 13.2. The number of hydrogen-bond donors (Lipinski definition) is 6. The Morgan fingerprint density at radius 3 is 0.955 bits per heavy atom. The molecule has 1 aliphatic heterocycles. The second-order valence-electron chi connectivity index (χ2n) is 27.5. The van der Waals surface area contributed by atoms with Crippen LogP contribution in [0.2, 0.25) is 0 Å². The average molecular weight is 1240 g/mol. The van der Waals surface area contributed by atoms with Gasteiger partial charge in [-0.3, -0.25) is 4.79 Å². The standard InChI is InChI=1S/C79H151NO8/c1-3-5-7-9-11-13-15-17-19-21-23-25-27-29-31-32-33-34-35-36-37-38-39-40-41-42-43-45-47-49-51-53-55-57-59-61-63-65-67-69-75(83)80-72(71-87-79-78(86)77(85)76(84)74(70-81)88-79)73(82)68-66-64-62-60-58-56-54-52-50-48-46-44-30-28-26-24-22-20-18-16-14-12-10-8-6-4-2/h21,23,58,60,66,68,72-74,76-79,81-82,84-86H,3-20,22,24-57,59,61-65,67,69-71H2,1-2H3,(H,80,83)/b23-21-,60-58+,68-66+. The lowest BCUT2D eigenvalue weighted by atomic mass is 9.99. The van der Waals surface area contributed by atoms with Gasteiger partial charge in [-0.2, -0.15) is 0 Å². The van der Waals surface area contributed by atoms with Crippen LogP contribution in [-0.4, -0.2) is 87.5 Å². The minimum Gasteiger partial charge on any atom is -0.394 e. The van der Waals surface area contributed by atoms with Crippen LogP contribution in [0.3, 0.4) is 0 Å². The molecule has 0 aromatic carbocycles. The molecule has 1 heterocycles.